The standard InChI is InChI=1S/C18H22N4O3/c23-17-15(20-10-13-5-4-8-19-9-13)12-25-16(17)11-21-18(24)22-14-6-2-1-3-7-14/h1-9,15-17,20,23H,10-12H2,(H2,21,22,24). The Hall–Kier alpha value is -2.48. The monoisotopic (exact) mass is 342 g/mol. The lowest BCUT2D eigenvalue weighted by Crippen LogP contribution is -2.45. The van der Waals surface area contributed by atoms with Crippen LogP contribution in [0.2, 0.25) is 0 Å². The Morgan fingerprint density at radius 1 is 1.24 bits per heavy atom. The van der Waals surface area contributed by atoms with E-state index in [0.717, 1.165) is 5.56 Å². The molecule has 1 aromatic carbocycles. The maximum atomic E-state index is 11.9. The van der Waals surface area contributed by atoms with Crippen molar-refractivity contribution < 1.29 is 14.6 Å². The molecular formula is C18H22N4O3. The minimum Gasteiger partial charge on any atom is -0.389 e. The molecule has 1 aromatic heterocycles. The van der Waals surface area contributed by atoms with Gasteiger partial charge >= 0.3 is 6.03 Å². The number of carbonyl (C=O) groups is 1. The van der Waals surface area contributed by atoms with Crippen LogP contribution in [0.25, 0.3) is 0 Å². The van der Waals surface area contributed by atoms with Crippen molar-refractivity contribution in [3.63, 3.8) is 0 Å². The molecule has 2 aromatic rings. The predicted molar refractivity (Wildman–Crippen MR) is 94.1 cm³/mol. The van der Waals surface area contributed by atoms with Gasteiger partial charge in [0.15, 0.2) is 0 Å². The lowest BCUT2D eigenvalue weighted by atomic mass is 10.1. The third kappa shape index (κ3) is 4.99. The van der Waals surface area contributed by atoms with Crippen LogP contribution in [0.5, 0.6) is 0 Å². The number of rotatable bonds is 6. The summed E-state index contributed by atoms with van der Waals surface area (Å²) in [6, 6.07) is 12.5. The second-order valence-electron chi connectivity index (χ2n) is 5.91. The number of nitrogens with zero attached hydrogens (tertiary/aromatic N) is 1. The fourth-order valence-corrected chi connectivity index (χ4v) is 2.68. The summed E-state index contributed by atoms with van der Waals surface area (Å²) in [5, 5.41) is 19.1. The smallest absolute Gasteiger partial charge is 0.319 e. The number of urea groups is 1. The Kier molecular flexibility index (Phi) is 5.95. The normalized spacial score (nSPS) is 22.5. The first-order valence-corrected chi connectivity index (χ1v) is 8.24. The number of amides is 2. The number of hydrogen-bond donors (Lipinski definition) is 4. The Morgan fingerprint density at radius 3 is 2.84 bits per heavy atom. The summed E-state index contributed by atoms with van der Waals surface area (Å²) in [5.74, 6) is 0. The molecule has 1 aliphatic heterocycles. The van der Waals surface area contributed by atoms with E-state index in [-0.39, 0.29) is 18.6 Å². The Labute approximate surface area is 146 Å². The first-order chi connectivity index (χ1) is 12.2. The Bertz CT molecular complexity index is 669. The summed E-state index contributed by atoms with van der Waals surface area (Å²) >= 11 is 0. The molecule has 7 nitrogen and oxygen atoms in total. The highest BCUT2D eigenvalue weighted by Crippen LogP contribution is 2.14. The molecule has 4 N–H and O–H groups in total. The van der Waals surface area contributed by atoms with Crippen molar-refractivity contribution in [1.82, 2.24) is 15.6 Å². The minimum atomic E-state index is -0.686. The van der Waals surface area contributed by atoms with Gasteiger partial charge in [-0.25, -0.2) is 4.79 Å². The average Bonchev–Trinajstić information content (AvgIpc) is 3.00. The molecule has 0 aliphatic carbocycles. The summed E-state index contributed by atoms with van der Waals surface area (Å²) < 4.78 is 5.60. The zero-order valence-corrected chi connectivity index (χ0v) is 13.8. The third-order valence-corrected chi connectivity index (χ3v) is 4.07. The number of carbonyl (C=O) groups excluding carboxylic acids is 1. The first-order valence-electron chi connectivity index (χ1n) is 8.24. The second-order valence-corrected chi connectivity index (χ2v) is 5.91. The number of pyridine rings is 1. The van der Waals surface area contributed by atoms with Gasteiger partial charge in [-0.3, -0.25) is 4.98 Å². The number of anilines is 1. The quantitative estimate of drug-likeness (QED) is 0.631. The van der Waals surface area contributed by atoms with E-state index >= 15 is 0 Å². The molecule has 7 heteroatoms. The molecule has 25 heavy (non-hydrogen) atoms. The molecule has 0 saturated carbocycles. The van der Waals surface area contributed by atoms with Gasteiger partial charge in [-0.2, -0.15) is 0 Å². The van der Waals surface area contributed by atoms with Crippen molar-refractivity contribution in [3.05, 3.63) is 60.4 Å². The van der Waals surface area contributed by atoms with Gasteiger partial charge in [0, 0.05) is 31.2 Å². The number of aliphatic hydroxyl groups is 1. The van der Waals surface area contributed by atoms with Crippen LogP contribution < -0.4 is 16.0 Å². The molecule has 2 amide bonds. The van der Waals surface area contributed by atoms with Crippen LogP contribution in [0.4, 0.5) is 10.5 Å². The predicted octanol–water partition coefficient (Wildman–Crippen LogP) is 1.12. The SMILES string of the molecule is O=C(NCC1OCC(NCc2cccnc2)C1O)Nc1ccccc1. The van der Waals surface area contributed by atoms with E-state index in [9.17, 15) is 9.90 Å². The van der Waals surface area contributed by atoms with E-state index in [1.165, 1.54) is 0 Å². The number of ether oxygens (including phenoxy) is 1. The number of hydrogen-bond acceptors (Lipinski definition) is 5. The van der Waals surface area contributed by atoms with E-state index in [4.69, 9.17) is 4.74 Å². The number of aliphatic hydroxyl groups excluding tert-OH is 1. The van der Waals surface area contributed by atoms with Gasteiger partial charge in [-0.1, -0.05) is 24.3 Å². The molecule has 0 bridgehead atoms. The van der Waals surface area contributed by atoms with Crippen LogP contribution in [0.3, 0.4) is 0 Å². The molecule has 1 aliphatic rings. The van der Waals surface area contributed by atoms with Crippen molar-refractivity contribution in [3.8, 4) is 0 Å². The fraction of sp³-hybridized carbons (Fsp3) is 0.333. The third-order valence-electron chi connectivity index (χ3n) is 4.07. The maximum Gasteiger partial charge on any atom is 0.319 e. The van der Waals surface area contributed by atoms with Crippen molar-refractivity contribution in [2.45, 2.75) is 24.8 Å². The summed E-state index contributed by atoms with van der Waals surface area (Å²) in [5.41, 5.74) is 1.75. The van der Waals surface area contributed by atoms with E-state index in [1.807, 2.05) is 30.3 Å². The number of aromatic nitrogens is 1. The maximum absolute atomic E-state index is 11.9. The molecule has 132 valence electrons. The Morgan fingerprint density at radius 2 is 2.08 bits per heavy atom. The van der Waals surface area contributed by atoms with Gasteiger partial charge in [0.2, 0.25) is 0 Å². The topological polar surface area (TPSA) is 95.5 Å². The molecule has 2 heterocycles. The number of nitrogens with one attached hydrogen (secondary N) is 3. The van der Waals surface area contributed by atoms with Gasteiger partial charge in [-0.05, 0) is 23.8 Å². The van der Waals surface area contributed by atoms with Gasteiger partial charge in [0.1, 0.15) is 6.10 Å². The highest BCUT2D eigenvalue weighted by Gasteiger charge is 2.35. The second kappa shape index (κ2) is 8.57. The lowest BCUT2D eigenvalue weighted by Gasteiger charge is -2.19. The molecule has 0 spiro atoms. The van der Waals surface area contributed by atoms with Crippen molar-refractivity contribution in [2.24, 2.45) is 0 Å². The highest BCUT2D eigenvalue weighted by molar-refractivity contribution is 5.89. The molecule has 3 unspecified atom stereocenters. The zero-order valence-electron chi connectivity index (χ0n) is 13.8. The number of benzene rings is 1. The first kappa shape index (κ1) is 17.3. The van der Waals surface area contributed by atoms with E-state index in [0.29, 0.717) is 18.8 Å². The summed E-state index contributed by atoms with van der Waals surface area (Å²) in [4.78, 5) is 15.9. The van der Waals surface area contributed by atoms with E-state index < -0.39 is 12.2 Å². The van der Waals surface area contributed by atoms with E-state index in [1.54, 1.807) is 24.5 Å². The van der Waals surface area contributed by atoms with Gasteiger partial charge in [-0.15, -0.1) is 0 Å². The van der Waals surface area contributed by atoms with Crippen LogP contribution in [-0.4, -0.2) is 47.5 Å². The van der Waals surface area contributed by atoms with Crippen LogP contribution in [0.15, 0.2) is 54.9 Å². The van der Waals surface area contributed by atoms with Crippen molar-refractivity contribution in [1.29, 1.82) is 0 Å². The average molecular weight is 342 g/mol. The highest BCUT2D eigenvalue weighted by atomic mass is 16.5. The molecule has 3 atom stereocenters. The fourth-order valence-electron chi connectivity index (χ4n) is 2.68. The van der Waals surface area contributed by atoms with Crippen molar-refractivity contribution in [2.75, 3.05) is 18.5 Å². The molecule has 1 fully saturated rings. The minimum absolute atomic E-state index is 0.177. The van der Waals surface area contributed by atoms with Gasteiger partial charge in [0.25, 0.3) is 0 Å². The summed E-state index contributed by atoms with van der Waals surface area (Å²) in [7, 11) is 0. The van der Waals surface area contributed by atoms with Crippen LogP contribution in [0.1, 0.15) is 5.56 Å². The van der Waals surface area contributed by atoms with Crippen LogP contribution in [-0.2, 0) is 11.3 Å². The van der Waals surface area contributed by atoms with Crippen LogP contribution in [0, 0.1) is 0 Å². The zero-order chi connectivity index (χ0) is 17.5. The molecule has 0 radical (unpaired) electrons. The molecule has 3 rings (SSSR count). The van der Waals surface area contributed by atoms with Gasteiger partial charge < -0.3 is 25.8 Å². The Balaban J connectivity index is 1.41. The summed E-state index contributed by atoms with van der Waals surface area (Å²) in [6.45, 7) is 1.24. The molecular weight excluding hydrogens is 320 g/mol. The lowest BCUT2D eigenvalue weighted by molar-refractivity contribution is 0.0428. The molecule has 1 saturated heterocycles. The largest absolute Gasteiger partial charge is 0.389 e. The van der Waals surface area contributed by atoms with Crippen LogP contribution >= 0.6 is 0 Å². The van der Waals surface area contributed by atoms with Gasteiger partial charge in [0.05, 0.1) is 18.8 Å². The van der Waals surface area contributed by atoms with E-state index in [2.05, 4.69) is 20.9 Å². The van der Waals surface area contributed by atoms with Crippen molar-refractivity contribution >= 4 is 11.7 Å². The summed E-state index contributed by atoms with van der Waals surface area (Å²) in [6.07, 6.45) is 2.38. The number of para-hydroxylation sites is 1.